The Kier molecular flexibility index (Phi) is 3.83. The molecule has 1 atom stereocenters. The van der Waals surface area contributed by atoms with Crippen LogP contribution in [0.4, 0.5) is 0 Å². The van der Waals surface area contributed by atoms with Crippen molar-refractivity contribution < 1.29 is 13.7 Å². The fourth-order valence-electron chi connectivity index (χ4n) is 4.44. The monoisotopic (exact) mass is 379 g/mol. The van der Waals surface area contributed by atoms with Crippen molar-refractivity contribution in [2.45, 2.75) is 19.4 Å². The summed E-state index contributed by atoms with van der Waals surface area (Å²) < 4.78 is 10.8. The van der Waals surface area contributed by atoms with E-state index in [1.165, 1.54) is 0 Å². The van der Waals surface area contributed by atoms with Crippen LogP contribution in [0, 0.1) is 12.3 Å². The van der Waals surface area contributed by atoms with E-state index >= 15 is 0 Å². The predicted molar refractivity (Wildman–Crippen MR) is 99.3 cm³/mol. The summed E-state index contributed by atoms with van der Waals surface area (Å²) in [6, 6.07) is 5.56. The number of hydrogen-bond donors (Lipinski definition) is 0. The molecule has 0 N–H and O–H groups in total. The van der Waals surface area contributed by atoms with Crippen molar-refractivity contribution in [1.29, 1.82) is 0 Å². The number of pyridine rings is 1. The lowest BCUT2D eigenvalue weighted by Gasteiger charge is -2.48. The number of rotatable bonds is 3. The molecule has 5 rings (SSSR count). The molecule has 2 aliphatic heterocycles. The molecule has 0 aromatic carbocycles. The second-order valence-corrected chi connectivity index (χ2v) is 7.88. The van der Waals surface area contributed by atoms with Crippen LogP contribution in [0.25, 0.3) is 11.4 Å². The molecule has 0 aliphatic carbocycles. The summed E-state index contributed by atoms with van der Waals surface area (Å²) >= 11 is 0. The van der Waals surface area contributed by atoms with E-state index in [4.69, 9.17) is 8.94 Å². The van der Waals surface area contributed by atoms with Gasteiger partial charge in [0.25, 0.3) is 5.91 Å². The molecule has 3 aromatic rings. The average molecular weight is 379 g/mol. The molecule has 28 heavy (non-hydrogen) atoms. The highest BCUT2D eigenvalue weighted by atomic mass is 16.5. The average Bonchev–Trinajstić information content (AvgIpc) is 3.39. The van der Waals surface area contributed by atoms with Crippen molar-refractivity contribution in [1.82, 2.24) is 24.9 Å². The second-order valence-electron chi connectivity index (χ2n) is 7.88. The number of carbonyl (C=O) groups excluding carboxylic acids is 1. The first kappa shape index (κ1) is 17.1. The van der Waals surface area contributed by atoms with Gasteiger partial charge in [-0.2, -0.15) is 4.98 Å². The fourth-order valence-corrected chi connectivity index (χ4v) is 4.44. The lowest BCUT2D eigenvalue weighted by Crippen LogP contribution is -2.59. The Morgan fingerprint density at radius 1 is 1.29 bits per heavy atom. The van der Waals surface area contributed by atoms with Crippen LogP contribution in [0.1, 0.15) is 34.5 Å². The molecule has 8 heteroatoms. The van der Waals surface area contributed by atoms with Gasteiger partial charge in [-0.05, 0) is 38.6 Å². The first-order valence-electron chi connectivity index (χ1n) is 9.32. The zero-order valence-corrected chi connectivity index (χ0v) is 15.8. The number of furan rings is 1. The van der Waals surface area contributed by atoms with Gasteiger partial charge in [0.1, 0.15) is 5.76 Å². The number of aryl methyl sites for hydroxylation is 1. The zero-order valence-electron chi connectivity index (χ0n) is 15.8. The van der Waals surface area contributed by atoms with E-state index in [1.807, 2.05) is 24.0 Å². The van der Waals surface area contributed by atoms with Crippen LogP contribution < -0.4 is 0 Å². The first-order chi connectivity index (χ1) is 13.5. The predicted octanol–water partition coefficient (Wildman–Crippen LogP) is 2.55. The van der Waals surface area contributed by atoms with Gasteiger partial charge in [0.05, 0.1) is 17.9 Å². The third-order valence-electron chi connectivity index (χ3n) is 5.82. The van der Waals surface area contributed by atoms with E-state index in [0.717, 1.165) is 31.6 Å². The normalized spacial score (nSPS) is 21.2. The van der Waals surface area contributed by atoms with Crippen LogP contribution in [0.3, 0.4) is 0 Å². The molecule has 2 saturated heterocycles. The summed E-state index contributed by atoms with van der Waals surface area (Å²) in [5.41, 5.74) is 1.56. The Labute approximate surface area is 162 Å². The summed E-state index contributed by atoms with van der Waals surface area (Å²) in [4.78, 5) is 25.5. The highest BCUT2D eigenvalue weighted by molar-refractivity contribution is 5.95. The minimum atomic E-state index is 0.0413. The number of nitrogens with zero attached hydrogens (tertiary/aromatic N) is 5. The van der Waals surface area contributed by atoms with E-state index in [1.54, 1.807) is 24.7 Å². The topological polar surface area (TPSA) is 88.5 Å². The number of carbonyl (C=O) groups is 1. The maximum atomic E-state index is 12.6. The molecule has 8 nitrogen and oxygen atoms in total. The summed E-state index contributed by atoms with van der Waals surface area (Å²) in [5.74, 6) is 1.88. The van der Waals surface area contributed by atoms with Gasteiger partial charge in [0.15, 0.2) is 0 Å². The van der Waals surface area contributed by atoms with Crippen molar-refractivity contribution in [2.24, 2.45) is 5.41 Å². The van der Waals surface area contributed by atoms with Crippen LogP contribution in [-0.2, 0) is 0 Å². The molecule has 2 fully saturated rings. The lowest BCUT2D eigenvalue weighted by atomic mass is 9.77. The van der Waals surface area contributed by atoms with Gasteiger partial charge in [0.2, 0.25) is 11.7 Å². The number of likely N-dealkylation sites (tertiary alicyclic amines) is 2. The molecule has 0 bridgehead atoms. The Bertz CT molecular complexity index is 1010. The van der Waals surface area contributed by atoms with Gasteiger partial charge < -0.3 is 13.8 Å². The van der Waals surface area contributed by atoms with E-state index in [2.05, 4.69) is 27.1 Å². The standard InChI is InChI=1S/C20H21N5O3/c1-13-15(5-7-27-13)19(26)25-11-20(12-25)8-16(24(2)10-20)18-22-17(23-28-18)14-4-3-6-21-9-14/h3-7,9,16H,8,10-12H2,1-2H3. The van der Waals surface area contributed by atoms with Crippen molar-refractivity contribution in [3.05, 3.63) is 54.1 Å². The van der Waals surface area contributed by atoms with Gasteiger partial charge >= 0.3 is 0 Å². The van der Waals surface area contributed by atoms with Gasteiger partial charge in [-0.1, -0.05) is 5.16 Å². The van der Waals surface area contributed by atoms with Crippen molar-refractivity contribution >= 4 is 5.91 Å². The summed E-state index contributed by atoms with van der Waals surface area (Å²) in [6.45, 7) is 4.19. The van der Waals surface area contributed by atoms with Gasteiger partial charge in [0, 0.05) is 43.0 Å². The molecule has 1 amide bonds. The highest BCUT2D eigenvalue weighted by Gasteiger charge is 2.53. The zero-order chi connectivity index (χ0) is 19.3. The van der Waals surface area contributed by atoms with Crippen molar-refractivity contribution in [3.8, 4) is 11.4 Å². The van der Waals surface area contributed by atoms with Gasteiger partial charge in [-0.25, -0.2) is 0 Å². The first-order valence-corrected chi connectivity index (χ1v) is 9.32. The highest BCUT2D eigenvalue weighted by Crippen LogP contribution is 2.47. The third kappa shape index (κ3) is 2.72. The van der Waals surface area contributed by atoms with Crippen molar-refractivity contribution in [3.63, 3.8) is 0 Å². The Balaban J connectivity index is 1.28. The molecule has 144 valence electrons. The largest absolute Gasteiger partial charge is 0.469 e. The summed E-state index contributed by atoms with van der Waals surface area (Å²) in [7, 11) is 2.07. The third-order valence-corrected chi connectivity index (χ3v) is 5.82. The number of aromatic nitrogens is 3. The molecular formula is C20H21N5O3. The smallest absolute Gasteiger partial charge is 0.257 e. The Hall–Kier alpha value is -3.00. The number of amides is 1. The minimum Gasteiger partial charge on any atom is -0.469 e. The molecule has 3 aromatic heterocycles. The van der Waals surface area contributed by atoms with Crippen molar-refractivity contribution in [2.75, 3.05) is 26.7 Å². The Morgan fingerprint density at radius 2 is 2.14 bits per heavy atom. The Morgan fingerprint density at radius 3 is 2.86 bits per heavy atom. The minimum absolute atomic E-state index is 0.0413. The van der Waals surface area contributed by atoms with E-state index in [9.17, 15) is 4.79 Å². The van der Waals surface area contributed by atoms with Crippen LogP contribution in [-0.4, -0.2) is 57.5 Å². The summed E-state index contributed by atoms with van der Waals surface area (Å²) in [6.07, 6.45) is 5.90. The molecule has 0 saturated carbocycles. The molecule has 0 radical (unpaired) electrons. The van der Waals surface area contributed by atoms with Gasteiger partial charge in [-0.15, -0.1) is 0 Å². The van der Waals surface area contributed by atoms with Crippen LogP contribution in [0.5, 0.6) is 0 Å². The molecule has 2 aliphatic rings. The van der Waals surface area contributed by atoms with Crippen LogP contribution in [0.15, 0.2) is 45.8 Å². The maximum absolute atomic E-state index is 12.6. The molecule has 1 unspecified atom stereocenters. The quantitative estimate of drug-likeness (QED) is 0.691. The lowest BCUT2D eigenvalue weighted by molar-refractivity contribution is 0.0113. The maximum Gasteiger partial charge on any atom is 0.257 e. The van der Waals surface area contributed by atoms with Crippen LogP contribution in [0.2, 0.25) is 0 Å². The SMILES string of the molecule is Cc1occc1C(=O)N1CC2(CC(c3nc(-c4cccnc4)no3)N(C)C2)C1. The number of hydrogen-bond acceptors (Lipinski definition) is 7. The second kappa shape index (κ2) is 6.27. The summed E-state index contributed by atoms with van der Waals surface area (Å²) in [5, 5.41) is 4.12. The van der Waals surface area contributed by atoms with E-state index < -0.39 is 0 Å². The van der Waals surface area contributed by atoms with E-state index in [-0.39, 0.29) is 17.4 Å². The molecule has 5 heterocycles. The molecule has 1 spiro atoms. The van der Waals surface area contributed by atoms with E-state index in [0.29, 0.717) is 23.0 Å². The fraction of sp³-hybridized carbons (Fsp3) is 0.400. The molecular weight excluding hydrogens is 358 g/mol. The van der Waals surface area contributed by atoms with Crippen LogP contribution >= 0.6 is 0 Å². The van der Waals surface area contributed by atoms with Gasteiger partial charge in [-0.3, -0.25) is 14.7 Å².